The van der Waals surface area contributed by atoms with Gasteiger partial charge in [-0.25, -0.2) is 0 Å². The van der Waals surface area contributed by atoms with Gasteiger partial charge in [-0.05, 0) is 29.8 Å². The predicted molar refractivity (Wildman–Crippen MR) is 93.9 cm³/mol. The molecular weight excluding hydrogens is 332 g/mol. The van der Waals surface area contributed by atoms with Crippen molar-refractivity contribution >= 4 is 34.7 Å². The van der Waals surface area contributed by atoms with E-state index in [4.69, 9.17) is 28.2 Å². The molecule has 0 unspecified atom stereocenters. The monoisotopic (exact) mass is 348 g/mol. The zero-order valence-corrected chi connectivity index (χ0v) is 14.1. The molecule has 0 radical (unpaired) electrons. The van der Waals surface area contributed by atoms with E-state index in [2.05, 4.69) is 4.90 Å². The minimum Gasteiger partial charge on any atom is -0.459 e. The molecule has 4 nitrogen and oxygen atoms in total. The Bertz CT molecular complexity index is 677. The Kier molecular flexibility index (Phi) is 4.98. The molecule has 1 aromatic heterocycles. The maximum Gasteiger partial charge on any atom is 0.289 e. The molecule has 2 aromatic rings. The van der Waals surface area contributed by atoms with Crippen LogP contribution in [0, 0.1) is 0 Å². The zero-order valence-electron chi connectivity index (χ0n) is 12.6. The number of hydrogen-bond donors (Lipinski definition) is 0. The summed E-state index contributed by atoms with van der Waals surface area (Å²) in [6.07, 6.45) is 2.24. The Morgan fingerprint density at radius 1 is 1.09 bits per heavy atom. The summed E-state index contributed by atoms with van der Waals surface area (Å²) in [4.78, 5) is 17.1. The van der Waals surface area contributed by atoms with E-state index < -0.39 is 0 Å². The lowest BCUT2D eigenvalue weighted by Gasteiger charge is -2.36. The van der Waals surface area contributed by atoms with E-state index in [0.29, 0.717) is 18.8 Å². The van der Waals surface area contributed by atoms with Crippen LogP contribution in [0.4, 0.5) is 0 Å². The molecule has 120 valence electrons. The van der Waals surface area contributed by atoms with E-state index in [1.54, 1.807) is 17.0 Å². The number of hydrogen-bond acceptors (Lipinski definition) is 3. The van der Waals surface area contributed by atoms with E-state index in [1.807, 2.05) is 24.3 Å². The molecule has 0 saturated carbocycles. The second kappa shape index (κ2) is 7.15. The molecule has 2 heterocycles. The van der Waals surface area contributed by atoms with Crippen LogP contribution in [-0.2, 0) is 6.42 Å². The Labute approximate surface area is 145 Å². The molecule has 6 heteroatoms. The fourth-order valence-corrected chi connectivity index (χ4v) is 3.08. The summed E-state index contributed by atoms with van der Waals surface area (Å²) in [5.41, 5.74) is 1.15. The fraction of sp³-hybridized carbons (Fsp3) is 0.294. The number of thiocarbonyl (C=S) groups is 1. The number of amides is 1. The number of rotatable bonds is 3. The third-order valence-corrected chi connectivity index (χ3v) is 4.57. The van der Waals surface area contributed by atoms with E-state index in [9.17, 15) is 4.79 Å². The van der Waals surface area contributed by atoms with Crippen molar-refractivity contribution in [1.82, 2.24) is 9.80 Å². The van der Waals surface area contributed by atoms with Gasteiger partial charge in [0.1, 0.15) is 0 Å². The summed E-state index contributed by atoms with van der Waals surface area (Å²) in [7, 11) is 0. The fourth-order valence-electron chi connectivity index (χ4n) is 2.60. The Morgan fingerprint density at radius 3 is 2.35 bits per heavy atom. The van der Waals surface area contributed by atoms with E-state index in [1.165, 1.54) is 6.26 Å². The number of halogens is 1. The second-order valence-electron chi connectivity index (χ2n) is 5.45. The highest BCUT2D eigenvalue weighted by atomic mass is 35.5. The number of nitrogens with zero attached hydrogens (tertiary/aromatic N) is 2. The number of benzene rings is 1. The summed E-state index contributed by atoms with van der Waals surface area (Å²) in [6.45, 7) is 2.80. The second-order valence-corrected chi connectivity index (χ2v) is 6.36. The quantitative estimate of drug-likeness (QED) is 0.798. The maximum absolute atomic E-state index is 12.2. The smallest absolute Gasteiger partial charge is 0.289 e. The van der Waals surface area contributed by atoms with Crippen molar-refractivity contribution in [3.05, 3.63) is 59.0 Å². The molecule has 3 rings (SSSR count). The molecule has 0 bridgehead atoms. The van der Waals surface area contributed by atoms with E-state index in [0.717, 1.165) is 35.1 Å². The normalized spacial score (nSPS) is 14.8. The molecule has 1 aromatic carbocycles. The third kappa shape index (κ3) is 3.92. The average Bonchev–Trinajstić information content (AvgIpc) is 3.11. The lowest BCUT2D eigenvalue weighted by molar-refractivity contribution is 0.0660. The van der Waals surface area contributed by atoms with Gasteiger partial charge in [-0.3, -0.25) is 4.79 Å². The van der Waals surface area contributed by atoms with Crippen LogP contribution in [0.25, 0.3) is 0 Å². The van der Waals surface area contributed by atoms with E-state index >= 15 is 0 Å². The molecular formula is C17H17ClN2O2S. The first kappa shape index (κ1) is 16.0. The van der Waals surface area contributed by atoms with Gasteiger partial charge in [0.25, 0.3) is 5.91 Å². The molecule has 0 spiro atoms. The third-order valence-electron chi connectivity index (χ3n) is 3.92. The molecule has 23 heavy (non-hydrogen) atoms. The lowest BCUT2D eigenvalue weighted by atomic mass is 10.1. The van der Waals surface area contributed by atoms with Crippen LogP contribution in [0.1, 0.15) is 16.1 Å². The Hall–Kier alpha value is -1.85. The van der Waals surface area contributed by atoms with Gasteiger partial charge in [0.15, 0.2) is 5.76 Å². The van der Waals surface area contributed by atoms with Crippen molar-refractivity contribution in [3.63, 3.8) is 0 Å². The number of carbonyl (C=O) groups is 1. The van der Waals surface area contributed by atoms with Crippen molar-refractivity contribution in [2.24, 2.45) is 0 Å². The highest BCUT2D eigenvalue weighted by Crippen LogP contribution is 2.14. The molecule has 1 saturated heterocycles. The molecule has 0 aliphatic carbocycles. The van der Waals surface area contributed by atoms with Gasteiger partial charge in [-0.1, -0.05) is 36.0 Å². The molecule has 1 amide bonds. The lowest BCUT2D eigenvalue weighted by Crippen LogP contribution is -2.50. The van der Waals surface area contributed by atoms with Crippen molar-refractivity contribution in [2.45, 2.75) is 6.42 Å². The molecule has 0 N–H and O–H groups in total. The standard InChI is InChI=1S/C17H17ClN2O2S/c18-14-5-3-13(4-6-14)12-16(23)19-7-9-20(10-8-19)17(21)15-2-1-11-22-15/h1-6,11H,7-10,12H2. The van der Waals surface area contributed by atoms with Gasteiger partial charge in [-0.15, -0.1) is 0 Å². The van der Waals surface area contributed by atoms with Crippen LogP contribution in [-0.4, -0.2) is 46.9 Å². The minimum atomic E-state index is -0.0572. The summed E-state index contributed by atoms with van der Waals surface area (Å²) in [6, 6.07) is 11.2. The van der Waals surface area contributed by atoms with Crippen molar-refractivity contribution in [3.8, 4) is 0 Å². The molecule has 1 aliphatic heterocycles. The number of carbonyl (C=O) groups excluding carboxylic acids is 1. The van der Waals surface area contributed by atoms with Gasteiger partial charge >= 0.3 is 0 Å². The van der Waals surface area contributed by atoms with Crippen molar-refractivity contribution in [2.75, 3.05) is 26.2 Å². The molecule has 1 fully saturated rings. The summed E-state index contributed by atoms with van der Waals surface area (Å²) in [5, 5.41) is 0.727. The zero-order chi connectivity index (χ0) is 16.2. The maximum atomic E-state index is 12.2. The van der Waals surface area contributed by atoms with E-state index in [-0.39, 0.29) is 5.91 Å². The predicted octanol–water partition coefficient (Wildman–Crippen LogP) is 3.26. The van der Waals surface area contributed by atoms with Crippen molar-refractivity contribution in [1.29, 1.82) is 0 Å². The number of piperazine rings is 1. The first-order chi connectivity index (χ1) is 11.1. The summed E-state index contributed by atoms with van der Waals surface area (Å²) >= 11 is 11.4. The highest BCUT2D eigenvalue weighted by Gasteiger charge is 2.24. The topological polar surface area (TPSA) is 36.7 Å². The molecule has 0 atom stereocenters. The van der Waals surface area contributed by atoms with Gasteiger partial charge < -0.3 is 14.2 Å². The first-order valence-corrected chi connectivity index (χ1v) is 8.27. The SMILES string of the molecule is O=C(c1ccco1)N1CCN(C(=S)Cc2ccc(Cl)cc2)CC1. The largest absolute Gasteiger partial charge is 0.459 e. The average molecular weight is 349 g/mol. The Morgan fingerprint density at radius 2 is 1.74 bits per heavy atom. The summed E-state index contributed by atoms with van der Waals surface area (Å²) in [5.74, 6) is 0.334. The van der Waals surface area contributed by atoms with Crippen LogP contribution >= 0.6 is 23.8 Å². The first-order valence-electron chi connectivity index (χ1n) is 7.48. The van der Waals surface area contributed by atoms with Gasteiger partial charge in [-0.2, -0.15) is 0 Å². The van der Waals surface area contributed by atoms with Crippen LogP contribution in [0.3, 0.4) is 0 Å². The minimum absolute atomic E-state index is 0.0572. The Balaban J connectivity index is 1.53. The summed E-state index contributed by atoms with van der Waals surface area (Å²) < 4.78 is 5.17. The molecule has 1 aliphatic rings. The van der Waals surface area contributed by atoms with Gasteiger partial charge in [0.2, 0.25) is 0 Å². The van der Waals surface area contributed by atoms with Crippen LogP contribution in [0.15, 0.2) is 47.1 Å². The van der Waals surface area contributed by atoms with Crippen LogP contribution in [0.2, 0.25) is 5.02 Å². The van der Waals surface area contributed by atoms with Crippen molar-refractivity contribution < 1.29 is 9.21 Å². The van der Waals surface area contributed by atoms with Gasteiger partial charge in [0.05, 0.1) is 11.3 Å². The highest BCUT2D eigenvalue weighted by molar-refractivity contribution is 7.80. The van der Waals surface area contributed by atoms with Gasteiger partial charge in [0, 0.05) is 37.6 Å². The van der Waals surface area contributed by atoms with Crippen LogP contribution < -0.4 is 0 Å². The van der Waals surface area contributed by atoms with Crippen LogP contribution in [0.5, 0.6) is 0 Å². The number of furan rings is 1.